The number of aromatic nitrogens is 4. The van der Waals surface area contributed by atoms with Crippen LogP contribution in [-0.2, 0) is 20.7 Å². The number of methoxy groups -OCH3 is 1. The molecule has 0 saturated heterocycles. The SMILES string of the molecule is COC(=O)C(=O)C(Cc1ccccc1)NC(=O)c1cc(C)nn1-c1ccncn1. The van der Waals surface area contributed by atoms with E-state index in [2.05, 4.69) is 25.1 Å². The van der Waals surface area contributed by atoms with E-state index >= 15 is 0 Å². The molecular formula is C20H19N5O4. The van der Waals surface area contributed by atoms with E-state index in [4.69, 9.17) is 0 Å². The normalized spacial score (nSPS) is 11.5. The second-order valence-corrected chi connectivity index (χ2v) is 6.22. The molecule has 0 radical (unpaired) electrons. The number of Topliss-reactive ketones (excluding diaryl/α,β-unsaturated/α-hetero) is 1. The zero-order valence-corrected chi connectivity index (χ0v) is 15.9. The lowest BCUT2D eigenvalue weighted by Gasteiger charge is -2.17. The number of nitrogens with one attached hydrogen (secondary N) is 1. The number of hydrogen-bond acceptors (Lipinski definition) is 7. The smallest absolute Gasteiger partial charge is 0.376 e. The molecule has 9 nitrogen and oxygen atoms in total. The van der Waals surface area contributed by atoms with E-state index in [0.29, 0.717) is 11.5 Å². The van der Waals surface area contributed by atoms with Crippen molar-refractivity contribution >= 4 is 17.7 Å². The molecule has 148 valence electrons. The average molecular weight is 393 g/mol. The first-order valence-electron chi connectivity index (χ1n) is 8.79. The van der Waals surface area contributed by atoms with Crippen molar-refractivity contribution in [1.82, 2.24) is 25.1 Å². The molecular weight excluding hydrogens is 374 g/mol. The maximum atomic E-state index is 12.9. The number of carbonyl (C=O) groups is 3. The Morgan fingerprint density at radius 3 is 2.59 bits per heavy atom. The molecule has 9 heteroatoms. The molecule has 0 spiro atoms. The Hall–Kier alpha value is -3.88. The summed E-state index contributed by atoms with van der Waals surface area (Å²) >= 11 is 0. The van der Waals surface area contributed by atoms with Crippen LogP contribution < -0.4 is 5.32 Å². The number of benzene rings is 1. The summed E-state index contributed by atoms with van der Waals surface area (Å²) in [7, 11) is 1.12. The van der Waals surface area contributed by atoms with Gasteiger partial charge in [0.1, 0.15) is 18.1 Å². The maximum absolute atomic E-state index is 12.9. The highest BCUT2D eigenvalue weighted by atomic mass is 16.5. The van der Waals surface area contributed by atoms with Gasteiger partial charge in [-0.25, -0.2) is 19.4 Å². The highest BCUT2D eigenvalue weighted by molar-refractivity contribution is 6.36. The number of aryl methyl sites for hydroxylation is 1. The molecule has 1 N–H and O–H groups in total. The van der Waals surface area contributed by atoms with Gasteiger partial charge in [0.15, 0.2) is 5.82 Å². The molecule has 0 aliphatic heterocycles. The first kappa shape index (κ1) is 19.9. The van der Waals surface area contributed by atoms with Crippen molar-refractivity contribution in [2.45, 2.75) is 19.4 Å². The summed E-state index contributed by atoms with van der Waals surface area (Å²) in [6, 6.07) is 11.1. The van der Waals surface area contributed by atoms with Gasteiger partial charge >= 0.3 is 5.97 Å². The standard InChI is InChI=1S/C20H19N5O4/c1-13-10-16(25(24-13)17-8-9-21-12-22-17)19(27)23-15(18(26)20(28)29-2)11-14-6-4-3-5-7-14/h3-10,12,15H,11H2,1-2H3,(H,23,27). The van der Waals surface area contributed by atoms with E-state index < -0.39 is 23.7 Å². The summed E-state index contributed by atoms with van der Waals surface area (Å²) < 4.78 is 5.90. The van der Waals surface area contributed by atoms with Gasteiger partial charge in [-0.05, 0) is 18.6 Å². The van der Waals surface area contributed by atoms with Gasteiger partial charge < -0.3 is 10.1 Å². The predicted molar refractivity (Wildman–Crippen MR) is 102 cm³/mol. The molecule has 1 aromatic carbocycles. The summed E-state index contributed by atoms with van der Waals surface area (Å²) in [5.74, 6) is -2.03. The molecule has 1 amide bonds. The zero-order valence-electron chi connectivity index (χ0n) is 15.9. The fraction of sp³-hybridized carbons (Fsp3) is 0.200. The molecule has 1 atom stereocenters. The van der Waals surface area contributed by atoms with Crippen molar-refractivity contribution in [1.29, 1.82) is 0 Å². The van der Waals surface area contributed by atoms with Crippen molar-refractivity contribution in [3.05, 3.63) is 71.9 Å². The van der Waals surface area contributed by atoms with E-state index in [1.807, 2.05) is 18.2 Å². The zero-order chi connectivity index (χ0) is 20.8. The van der Waals surface area contributed by atoms with E-state index in [1.165, 1.54) is 17.2 Å². The highest BCUT2D eigenvalue weighted by Crippen LogP contribution is 2.11. The van der Waals surface area contributed by atoms with Crippen LogP contribution in [0.5, 0.6) is 0 Å². The number of esters is 1. The van der Waals surface area contributed by atoms with Crippen LogP contribution in [0.3, 0.4) is 0 Å². The van der Waals surface area contributed by atoms with Gasteiger partial charge in [0.05, 0.1) is 12.8 Å². The fourth-order valence-corrected chi connectivity index (χ4v) is 2.78. The summed E-state index contributed by atoms with van der Waals surface area (Å²) in [6.07, 6.45) is 3.01. The lowest BCUT2D eigenvalue weighted by molar-refractivity contribution is -0.152. The largest absolute Gasteiger partial charge is 0.463 e. The van der Waals surface area contributed by atoms with Crippen LogP contribution in [0.4, 0.5) is 0 Å². The number of hydrogen-bond donors (Lipinski definition) is 1. The second kappa shape index (κ2) is 8.87. The van der Waals surface area contributed by atoms with Crippen LogP contribution in [0.25, 0.3) is 5.82 Å². The molecule has 2 heterocycles. The Kier molecular flexibility index (Phi) is 6.08. The van der Waals surface area contributed by atoms with E-state index in [9.17, 15) is 14.4 Å². The Morgan fingerprint density at radius 1 is 1.17 bits per heavy atom. The monoisotopic (exact) mass is 393 g/mol. The molecule has 29 heavy (non-hydrogen) atoms. The summed E-state index contributed by atoms with van der Waals surface area (Å²) in [4.78, 5) is 45.2. The number of nitrogens with zero attached hydrogens (tertiary/aromatic N) is 4. The van der Waals surface area contributed by atoms with Gasteiger partial charge in [0, 0.05) is 18.7 Å². The Bertz CT molecular complexity index is 1020. The third kappa shape index (κ3) is 4.70. The van der Waals surface area contributed by atoms with Crippen molar-refractivity contribution in [2.24, 2.45) is 0 Å². The van der Waals surface area contributed by atoms with Gasteiger partial charge in [-0.15, -0.1) is 0 Å². The summed E-state index contributed by atoms with van der Waals surface area (Å²) in [6.45, 7) is 1.73. The third-order valence-corrected chi connectivity index (χ3v) is 4.14. The molecule has 3 rings (SSSR count). The first-order valence-corrected chi connectivity index (χ1v) is 8.79. The molecule has 0 aliphatic rings. The van der Waals surface area contributed by atoms with Crippen LogP contribution in [0, 0.1) is 6.92 Å². The molecule has 0 aliphatic carbocycles. The lowest BCUT2D eigenvalue weighted by atomic mass is 10.0. The van der Waals surface area contributed by atoms with Gasteiger partial charge in [0.2, 0.25) is 0 Å². The van der Waals surface area contributed by atoms with Gasteiger partial charge in [-0.3, -0.25) is 9.59 Å². The quantitative estimate of drug-likeness (QED) is 0.471. The molecule has 0 bridgehead atoms. The first-order chi connectivity index (χ1) is 14.0. The highest BCUT2D eigenvalue weighted by Gasteiger charge is 2.29. The Balaban J connectivity index is 1.89. The average Bonchev–Trinajstić information content (AvgIpc) is 3.15. The van der Waals surface area contributed by atoms with Crippen LogP contribution in [-0.4, -0.2) is 50.6 Å². The minimum Gasteiger partial charge on any atom is -0.463 e. The van der Waals surface area contributed by atoms with E-state index in [0.717, 1.165) is 12.7 Å². The Labute approximate surface area is 166 Å². The fourth-order valence-electron chi connectivity index (χ4n) is 2.78. The van der Waals surface area contributed by atoms with Crippen LogP contribution in [0.2, 0.25) is 0 Å². The molecule has 0 saturated carbocycles. The number of amides is 1. The maximum Gasteiger partial charge on any atom is 0.376 e. The van der Waals surface area contributed by atoms with Gasteiger partial charge in [-0.1, -0.05) is 30.3 Å². The topological polar surface area (TPSA) is 116 Å². The van der Waals surface area contributed by atoms with Crippen molar-refractivity contribution in [3.63, 3.8) is 0 Å². The van der Waals surface area contributed by atoms with E-state index in [-0.39, 0.29) is 12.1 Å². The van der Waals surface area contributed by atoms with Crippen molar-refractivity contribution < 1.29 is 19.1 Å². The van der Waals surface area contributed by atoms with E-state index in [1.54, 1.807) is 31.2 Å². The van der Waals surface area contributed by atoms with Crippen LogP contribution in [0.15, 0.2) is 55.0 Å². The minimum atomic E-state index is -1.09. The Morgan fingerprint density at radius 2 is 1.93 bits per heavy atom. The lowest BCUT2D eigenvalue weighted by Crippen LogP contribution is -2.46. The van der Waals surface area contributed by atoms with Crippen LogP contribution >= 0.6 is 0 Å². The summed E-state index contributed by atoms with van der Waals surface area (Å²) in [5.41, 5.74) is 1.56. The third-order valence-electron chi connectivity index (χ3n) is 4.14. The number of ketones is 1. The number of ether oxygens (including phenoxy) is 1. The molecule has 3 aromatic rings. The summed E-state index contributed by atoms with van der Waals surface area (Å²) in [5, 5.41) is 6.91. The molecule has 1 unspecified atom stereocenters. The van der Waals surface area contributed by atoms with Gasteiger partial charge in [0.25, 0.3) is 11.7 Å². The second-order valence-electron chi connectivity index (χ2n) is 6.22. The predicted octanol–water partition coefficient (Wildman–Crippen LogP) is 1.05. The van der Waals surface area contributed by atoms with Gasteiger partial charge in [-0.2, -0.15) is 5.10 Å². The molecule has 0 fully saturated rings. The number of carbonyl (C=O) groups excluding carboxylic acids is 3. The minimum absolute atomic E-state index is 0.140. The van der Waals surface area contributed by atoms with Crippen LogP contribution in [0.1, 0.15) is 21.7 Å². The number of rotatable bonds is 7. The molecule has 2 aromatic heterocycles. The van der Waals surface area contributed by atoms with Crippen molar-refractivity contribution in [2.75, 3.05) is 7.11 Å². The van der Waals surface area contributed by atoms with Crippen molar-refractivity contribution in [3.8, 4) is 5.82 Å².